The van der Waals surface area contributed by atoms with Crippen LogP contribution in [0.1, 0.15) is 24.3 Å². The second kappa shape index (κ2) is 5.09. The molecule has 0 fully saturated rings. The molecule has 0 aliphatic rings. The number of rotatable bonds is 4. The number of carboxylic acids is 1. The largest absolute Gasteiger partial charge is 0.480 e. The molecule has 100 valence electrons. The van der Waals surface area contributed by atoms with Crippen molar-refractivity contribution in [1.29, 1.82) is 0 Å². The minimum absolute atomic E-state index is 0.202. The number of carbonyl (C=O) groups is 2. The predicted molar refractivity (Wildman–Crippen MR) is 69.8 cm³/mol. The van der Waals surface area contributed by atoms with Crippen LogP contribution in [0.5, 0.6) is 0 Å². The second-order valence-electron chi connectivity index (χ2n) is 4.65. The summed E-state index contributed by atoms with van der Waals surface area (Å²) < 4.78 is 0. The molecule has 6 nitrogen and oxygen atoms in total. The van der Waals surface area contributed by atoms with Crippen molar-refractivity contribution in [1.82, 2.24) is 15.5 Å². The van der Waals surface area contributed by atoms with E-state index in [1.54, 1.807) is 32.0 Å². The highest BCUT2D eigenvalue weighted by Gasteiger charge is 2.25. The van der Waals surface area contributed by atoms with Crippen LogP contribution in [0.4, 0.5) is 0 Å². The molecule has 3 N–H and O–H groups in total. The molecule has 0 spiro atoms. The van der Waals surface area contributed by atoms with Crippen molar-refractivity contribution in [2.75, 3.05) is 0 Å². The Hall–Kier alpha value is -2.37. The van der Waals surface area contributed by atoms with E-state index in [0.717, 1.165) is 5.52 Å². The predicted octanol–water partition coefficient (Wildman–Crippen LogP) is 1.40. The summed E-state index contributed by atoms with van der Waals surface area (Å²) in [6, 6.07) is 6.26. The molecule has 1 heterocycles. The molecule has 0 saturated heterocycles. The van der Waals surface area contributed by atoms with E-state index in [4.69, 9.17) is 5.11 Å². The fraction of sp³-hybridized carbons (Fsp3) is 0.308. The summed E-state index contributed by atoms with van der Waals surface area (Å²) in [7, 11) is 0. The zero-order chi connectivity index (χ0) is 14.0. The molecule has 2 aromatic rings. The van der Waals surface area contributed by atoms with Gasteiger partial charge in [0.2, 0.25) is 0 Å². The van der Waals surface area contributed by atoms with Crippen LogP contribution in [0.25, 0.3) is 10.9 Å². The maximum Gasteiger partial charge on any atom is 0.326 e. The van der Waals surface area contributed by atoms with E-state index >= 15 is 0 Å². The normalized spacial score (nSPS) is 12.6. The third-order valence-electron chi connectivity index (χ3n) is 2.90. The molecule has 0 saturated carbocycles. The van der Waals surface area contributed by atoms with Crippen molar-refractivity contribution in [3.8, 4) is 0 Å². The maximum atomic E-state index is 12.1. The average molecular weight is 261 g/mol. The van der Waals surface area contributed by atoms with Crippen LogP contribution in [-0.4, -0.2) is 33.2 Å². The minimum Gasteiger partial charge on any atom is -0.480 e. The quantitative estimate of drug-likeness (QED) is 0.775. The number of carboxylic acid groups (broad SMARTS) is 1. The number of hydrogen-bond acceptors (Lipinski definition) is 3. The molecule has 1 atom stereocenters. The Balaban J connectivity index is 2.27. The van der Waals surface area contributed by atoms with Gasteiger partial charge < -0.3 is 10.4 Å². The Labute approximate surface area is 109 Å². The van der Waals surface area contributed by atoms with E-state index in [9.17, 15) is 9.59 Å². The fourth-order valence-corrected chi connectivity index (χ4v) is 1.86. The van der Waals surface area contributed by atoms with Crippen LogP contribution in [-0.2, 0) is 4.79 Å². The zero-order valence-electron chi connectivity index (χ0n) is 10.7. The zero-order valence-corrected chi connectivity index (χ0v) is 10.7. The molecule has 0 radical (unpaired) electrons. The monoisotopic (exact) mass is 261 g/mol. The summed E-state index contributed by atoms with van der Waals surface area (Å²) in [4.78, 5) is 23.1. The third kappa shape index (κ3) is 2.57. The summed E-state index contributed by atoms with van der Waals surface area (Å²) in [6.07, 6.45) is 0. The number of carbonyl (C=O) groups excluding carboxylic acids is 1. The average Bonchev–Trinajstić information content (AvgIpc) is 2.78. The Bertz CT molecular complexity index is 618. The number of aliphatic carboxylic acids is 1. The molecule has 1 aromatic carbocycles. The Kier molecular flexibility index (Phi) is 3.50. The lowest BCUT2D eigenvalue weighted by Crippen LogP contribution is -2.44. The van der Waals surface area contributed by atoms with Crippen LogP contribution >= 0.6 is 0 Å². The lowest BCUT2D eigenvalue weighted by Gasteiger charge is -2.17. The van der Waals surface area contributed by atoms with Crippen molar-refractivity contribution >= 4 is 22.8 Å². The minimum atomic E-state index is -1.05. The van der Waals surface area contributed by atoms with Gasteiger partial charge in [0.25, 0.3) is 5.91 Å². The third-order valence-corrected chi connectivity index (χ3v) is 2.90. The van der Waals surface area contributed by atoms with Crippen molar-refractivity contribution in [3.63, 3.8) is 0 Å². The number of hydrogen-bond donors (Lipinski definition) is 3. The number of nitrogens with zero attached hydrogens (tertiary/aromatic N) is 1. The SMILES string of the molecule is CC(C)[C@H](NC(=O)c1n[nH]c2ccccc12)C(=O)O. The van der Waals surface area contributed by atoms with Crippen LogP contribution in [0.3, 0.4) is 0 Å². The number of fused-ring (bicyclic) bond motifs is 1. The molecular weight excluding hydrogens is 246 g/mol. The van der Waals surface area contributed by atoms with Gasteiger partial charge in [0.1, 0.15) is 6.04 Å². The molecule has 0 bridgehead atoms. The maximum absolute atomic E-state index is 12.1. The molecule has 6 heteroatoms. The van der Waals surface area contributed by atoms with Gasteiger partial charge in [-0.3, -0.25) is 9.89 Å². The van der Waals surface area contributed by atoms with Crippen molar-refractivity contribution < 1.29 is 14.7 Å². The highest BCUT2D eigenvalue weighted by atomic mass is 16.4. The number of para-hydroxylation sites is 1. The number of H-pyrrole nitrogens is 1. The first-order valence-electron chi connectivity index (χ1n) is 5.97. The molecule has 19 heavy (non-hydrogen) atoms. The van der Waals surface area contributed by atoms with Crippen LogP contribution in [0, 0.1) is 5.92 Å². The molecule has 1 aromatic heterocycles. The Morgan fingerprint density at radius 1 is 1.32 bits per heavy atom. The van der Waals surface area contributed by atoms with E-state index < -0.39 is 17.9 Å². The van der Waals surface area contributed by atoms with Crippen molar-refractivity contribution in [3.05, 3.63) is 30.0 Å². The lowest BCUT2D eigenvalue weighted by atomic mass is 10.0. The van der Waals surface area contributed by atoms with Crippen molar-refractivity contribution in [2.24, 2.45) is 5.92 Å². The number of aromatic nitrogens is 2. The summed E-state index contributed by atoms with van der Waals surface area (Å²) >= 11 is 0. The van der Waals surface area contributed by atoms with E-state index in [2.05, 4.69) is 15.5 Å². The topological polar surface area (TPSA) is 95.1 Å². The smallest absolute Gasteiger partial charge is 0.326 e. The lowest BCUT2D eigenvalue weighted by molar-refractivity contribution is -0.140. The highest BCUT2D eigenvalue weighted by molar-refractivity contribution is 6.05. The molecule has 0 aliphatic carbocycles. The summed E-state index contributed by atoms with van der Waals surface area (Å²) in [5.74, 6) is -1.74. The van der Waals surface area contributed by atoms with Gasteiger partial charge in [-0.15, -0.1) is 0 Å². The van der Waals surface area contributed by atoms with E-state index in [1.807, 2.05) is 6.07 Å². The van der Waals surface area contributed by atoms with Gasteiger partial charge in [-0.2, -0.15) is 5.10 Å². The fourth-order valence-electron chi connectivity index (χ4n) is 1.86. The van der Waals surface area contributed by atoms with Gasteiger partial charge >= 0.3 is 5.97 Å². The van der Waals surface area contributed by atoms with E-state index in [1.165, 1.54) is 0 Å². The van der Waals surface area contributed by atoms with Gasteiger partial charge in [-0.25, -0.2) is 4.79 Å². The second-order valence-corrected chi connectivity index (χ2v) is 4.65. The van der Waals surface area contributed by atoms with Gasteiger partial charge in [-0.05, 0) is 12.0 Å². The molecular formula is C13H15N3O3. The number of benzene rings is 1. The highest BCUT2D eigenvalue weighted by Crippen LogP contribution is 2.15. The van der Waals surface area contributed by atoms with Gasteiger partial charge in [0, 0.05) is 5.39 Å². The van der Waals surface area contributed by atoms with E-state index in [-0.39, 0.29) is 11.6 Å². The summed E-state index contributed by atoms with van der Waals surface area (Å²) in [6.45, 7) is 3.48. The first-order chi connectivity index (χ1) is 9.00. The summed E-state index contributed by atoms with van der Waals surface area (Å²) in [5.41, 5.74) is 0.951. The van der Waals surface area contributed by atoms with Crippen LogP contribution in [0.15, 0.2) is 24.3 Å². The Morgan fingerprint density at radius 3 is 2.63 bits per heavy atom. The van der Waals surface area contributed by atoms with Gasteiger partial charge in [0.15, 0.2) is 5.69 Å². The van der Waals surface area contributed by atoms with Crippen LogP contribution in [0.2, 0.25) is 0 Å². The van der Waals surface area contributed by atoms with E-state index in [0.29, 0.717) is 5.39 Å². The summed E-state index contributed by atoms with van der Waals surface area (Å²) in [5, 5.41) is 18.9. The van der Waals surface area contributed by atoms with Crippen LogP contribution < -0.4 is 5.32 Å². The van der Waals surface area contributed by atoms with Gasteiger partial charge in [0.05, 0.1) is 5.52 Å². The first kappa shape index (κ1) is 13.1. The van der Waals surface area contributed by atoms with Crippen molar-refractivity contribution in [2.45, 2.75) is 19.9 Å². The number of amides is 1. The van der Waals surface area contributed by atoms with Gasteiger partial charge in [-0.1, -0.05) is 32.0 Å². The molecule has 0 aliphatic heterocycles. The standard InChI is InChI=1S/C13H15N3O3/c1-7(2)10(13(18)19)14-12(17)11-8-5-3-4-6-9(8)15-16-11/h3-7,10H,1-2H3,(H,14,17)(H,15,16)(H,18,19)/t10-/m0/s1. The molecule has 1 amide bonds. The Morgan fingerprint density at radius 2 is 2.00 bits per heavy atom. The molecule has 0 unspecified atom stereocenters. The molecule has 2 rings (SSSR count). The first-order valence-corrected chi connectivity index (χ1v) is 5.97. The number of aromatic amines is 1. The number of nitrogens with one attached hydrogen (secondary N) is 2.